The number of likely N-dealkylation sites (tertiary alicyclic amines) is 1. The molecule has 1 aliphatic heterocycles. The Morgan fingerprint density at radius 2 is 2.12 bits per heavy atom. The van der Waals surface area contributed by atoms with Crippen LogP contribution in [0, 0.1) is 13.8 Å². The minimum absolute atomic E-state index is 0.0901. The normalized spacial score (nSPS) is 17.1. The Hall–Kier alpha value is -2.56. The lowest BCUT2D eigenvalue weighted by atomic mass is 10.1. The van der Waals surface area contributed by atoms with Crippen LogP contribution in [0.3, 0.4) is 0 Å². The van der Waals surface area contributed by atoms with E-state index in [0.29, 0.717) is 31.0 Å². The first-order valence-electron chi connectivity index (χ1n) is 8.11. The van der Waals surface area contributed by atoms with Gasteiger partial charge in [-0.1, -0.05) is 29.8 Å². The molecule has 1 atom stereocenters. The van der Waals surface area contributed by atoms with Crippen LogP contribution >= 0.6 is 0 Å². The summed E-state index contributed by atoms with van der Waals surface area (Å²) in [4.78, 5) is 25.6. The fourth-order valence-electron chi connectivity index (χ4n) is 3.00. The fraction of sp³-hybridized carbons (Fsp3) is 0.368. The number of hydrogen-bond donors (Lipinski definition) is 0. The minimum atomic E-state index is -0.421. The van der Waals surface area contributed by atoms with Gasteiger partial charge in [-0.2, -0.15) is 0 Å². The molecule has 1 aliphatic rings. The van der Waals surface area contributed by atoms with Gasteiger partial charge in [0.15, 0.2) is 0 Å². The third kappa shape index (κ3) is 4.04. The van der Waals surface area contributed by atoms with Crippen molar-refractivity contribution in [1.29, 1.82) is 0 Å². The number of hydrogen-bond acceptors (Lipinski definition) is 4. The van der Waals surface area contributed by atoms with Crippen LogP contribution in [0.2, 0.25) is 0 Å². The molecule has 126 valence electrons. The van der Waals surface area contributed by atoms with Gasteiger partial charge in [-0.3, -0.25) is 4.79 Å². The number of ether oxygens (including phenoxy) is 1. The zero-order valence-electron chi connectivity index (χ0n) is 14.0. The summed E-state index contributed by atoms with van der Waals surface area (Å²) in [5.41, 5.74) is 1.76. The minimum Gasteiger partial charge on any atom is -0.488 e. The van der Waals surface area contributed by atoms with E-state index in [-0.39, 0.29) is 12.0 Å². The molecule has 2 heterocycles. The van der Waals surface area contributed by atoms with Crippen molar-refractivity contribution in [3.8, 4) is 5.75 Å². The van der Waals surface area contributed by atoms with E-state index in [1.54, 1.807) is 13.0 Å². The Morgan fingerprint density at radius 1 is 1.29 bits per heavy atom. The Labute approximate surface area is 140 Å². The molecule has 3 rings (SSSR count). The van der Waals surface area contributed by atoms with Crippen LogP contribution in [-0.4, -0.2) is 30.0 Å². The topological polar surface area (TPSA) is 59.8 Å². The Morgan fingerprint density at radius 3 is 2.88 bits per heavy atom. The number of rotatable bonds is 4. The molecule has 2 aromatic rings. The van der Waals surface area contributed by atoms with E-state index in [1.165, 1.54) is 6.07 Å². The third-order valence-corrected chi connectivity index (χ3v) is 4.11. The number of carbonyl (C=O) groups is 1. The molecule has 0 saturated carbocycles. The highest BCUT2D eigenvalue weighted by molar-refractivity contribution is 5.79. The molecule has 0 bridgehead atoms. The van der Waals surface area contributed by atoms with Crippen molar-refractivity contribution >= 4 is 5.91 Å². The molecule has 1 fully saturated rings. The van der Waals surface area contributed by atoms with Crippen molar-refractivity contribution in [2.75, 3.05) is 13.1 Å². The highest BCUT2D eigenvalue weighted by Gasteiger charge is 2.27. The number of aryl methyl sites for hydroxylation is 2. The lowest BCUT2D eigenvalue weighted by molar-refractivity contribution is -0.129. The first-order valence-corrected chi connectivity index (χ1v) is 8.11. The van der Waals surface area contributed by atoms with Gasteiger partial charge in [-0.25, -0.2) is 4.79 Å². The molecular formula is C19H21NO4. The van der Waals surface area contributed by atoms with Crippen LogP contribution in [-0.2, 0) is 11.2 Å². The summed E-state index contributed by atoms with van der Waals surface area (Å²) in [6, 6.07) is 11.0. The Bertz CT molecular complexity index is 796. The molecule has 1 aromatic carbocycles. The van der Waals surface area contributed by atoms with E-state index in [9.17, 15) is 9.59 Å². The second kappa shape index (κ2) is 6.91. The third-order valence-electron chi connectivity index (χ3n) is 4.11. The van der Waals surface area contributed by atoms with Crippen LogP contribution < -0.4 is 10.4 Å². The molecule has 0 N–H and O–H groups in total. The highest BCUT2D eigenvalue weighted by Crippen LogP contribution is 2.19. The van der Waals surface area contributed by atoms with E-state index in [4.69, 9.17) is 9.15 Å². The van der Waals surface area contributed by atoms with Crippen LogP contribution in [0.1, 0.15) is 23.3 Å². The van der Waals surface area contributed by atoms with Crippen molar-refractivity contribution in [3.63, 3.8) is 0 Å². The maximum atomic E-state index is 12.4. The largest absolute Gasteiger partial charge is 0.488 e. The van der Waals surface area contributed by atoms with E-state index in [1.807, 2.05) is 36.1 Å². The summed E-state index contributed by atoms with van der Waals surface area (Å²) in [6.07, 6.45) is 1.08. The monoisotopic (exact) mass is 327 g/mol. The highest BCUT2D eigenvalue weighted by atomic mass is 16.5. The lowest BCUT2D eigenvalue weighted by Crippen LogP contribution is -2.32. The zero-order valence-corrected chi connectivity index (χ0v) is 14.0. The van der Waals surface area contributed by atoms with Crippen LogP contribution in [0.25, 0.3) is 0 Å². The predicted molar refractivity (Wildman–Crippen MR) is 90.2 cm³/mol. The van der Waals surface area contributed by atoms with E-state index < -0.39 is 5.63 Å². The van der Waals surface area contributed by atoms with E-state index in [2.05, 4.69) is 0 Å². The van der Waals surface area contributed by atoms with Gasteiger partial charge in [-0.05, 0) is 19.4 Å². The molecule has 1 saturated heterocycles. The first-order chi connectivity index (χ1) is 11.5. The average Bonchev–Trinajstić information content (AvgIpc) is 2.94. The molecule has 0 aliphatic carbocycles. The lowest BCUT2D eigenvalue weighted by Gasteiger charge is -2.17. The summed E-state index contributed by atoms with van der Waals surface area (Å²) in [5.74, 6) is 1.13. The van der Waals surface area contributed by atoms with Crippen LogP contribution in [0.15, 0.2) is 45.6 Å². The number of nitrogens with zero attached hydrogens (tertiary/aromatic N) is 1. The number of amides is 1. The van der Waals surface area contributed by atoms with Gasteiger partial charge in [-0.15, -0.1) is 0 Å². The number of benzene rings is 1. The molecule has 0 spiro atoms. The van der Waals surface area contributed by atoms with Gasteiger partial charge < -0.3 is 14.1 Å². The van der Waals surface area contributed by atoms with Crippen molar-refractivity contribution in [2.45, 2.75) is 32.8 Å². The summed E-state index contributed by atoms with van der Waals surface area (Å²) in [7, 11) is 0. The summed E-state index contributed by atoms with van der Waals surface area (Å²) < 4.78 is 10.8. The van der Waals surface area contributed by atoms with E-state index >= 15 is 0 Å². The van der Waals surface area contributed by atoms with Gasteiger partial charge in [0.1, 0.15) is 17.6 Å². The molecule has 0 radical (unpaired) electrons. The standard InChI is InChI=1S/C19H21NO4/c1-13-4-3-5-15(8-13)10-18(21)20-7-6-16(12-20)24-17-9-14(2)23-19(22)11-17/h3-5,8-9,11,16H,6-7,10,12H2,1-2H3/t16-/m1/s1. The van der Waals surface area contributed by atoms with Gasteiger partial charge in [0, 0.05) is 19.0 Å². The quantitative estimate of drug-likeness (QED) is 0.865. The summed E-state index contributed by atoms with van der Waals surface area (Å²) in [5, 5.41) is 0. The molecular weight excluding hydrogens is 306 g/mol. The SMILES string of the molecule is Cc1cccc(CC(=O)N2CC[C@@H](Oc3cc(C)oc(=O)c3)C2)c1. The van der Waals surface area contributed by atoms with Crippen LogP contribution in [0.5, 0.6) is 5.75 Å². The first kappa shape index (κ1) is 16.3. The van der Waals surface area contributed by atoms with Crippen molar-refractivity contribution in [2.24, 2.45) is 0 Å². The number of carbonyl (C=O) groups excluding carboxylic acids is 1. The van der Waals surface area contributed by atoms with E-state index in [0.717, 1.165) is 17.5 Å². The molecule has 1 aromatic heterocycles. The van der Waals surface area contributed by atoms with Gasteiger partial charge in [0.2, 0.25) is 5.91 Å². The second-order valence-corrected chi connectivity index (χ2v) is 6.26. The molecule has 1 amide bonds. The predicted octanol–water partition coefficient (Wildman–Crippen LogP) is 2.48. The smallest absolute Gasteiger partial charge is 0.339 e. The van der Waals surface area contributed by atoms with Crippen molar-refractivity contribution in [1.82, 2.24) is 4.90 Å². The summed E-state index contributed by atoms with van der Waals surface area (Å²) in [6.45, 7) is 4.95. The maximum Gasteiger partial charge on any atom is 0.339 e. The van der Waals surface area contributed by atoms with Crippen LogP contribution in [0.4, 0.5) is 0 Å². The Balaban J connectivity index is 1.58. The fourth-order valence-corrected chi connectivity index (χ4v) is 3.00. The maximum absolute atomic E-state index is 12.4. The second-order valence-electron chi connectivity index (χ2n) is 6.26. The van der Waals surface area contributed by atoms with Gasteiger partial charge in [0.25, 0.3) is 0 Å². The molecule has 5 nitrogen and oxygen atoms in total. The zero-order chi connectivity index (χ0) is 17.1. The molecule has 5 heteroatoms. The molecule has 0 unspecified atom stereocenters. The van der Waals surface area contributed by atoms with Gasteiger partial charge >= 0.3 is 5.63 Å². The molecule has 24 heavy (non-hydrogen) atoms. The average molecular weight is 327 g/mol. The summed E-state index contributed by atoms with van der Waals surface area (Å²) >= 11 is 0. The van der Waals surface area contributed by atoms with Crippen molar-refractivity contribution in [3.05, 3.63) is 63.7 Å². The van der Waals surface area contributed by atoms with Crippen molar-refractivity contribution < 1.29 is 13.9 Å². The van der Waals surface area contributed by atoms with Gasteiger partial charge in [0.05, 0.1) is 19.0 Å². The Kier molecular flexibility index (Phi) is 4.69.